The van der Waals surface area contributed by atoms with Gasteiger partial charge in [0, 0.05) is 8.95 Å². The normalized spacial score (nSPS) is 9.92. The third-order valence-corrected chi connectivity index (χ3v) is 4.18. The van der Waals surface area contributed by atoms with Gasteiger partial charge in [0.2, 0.25) is 0 Å². The van der Waals surface area contributed by atoms with Gasteiger partial charge in [0.1, 0.15) is 0 Å². The van der Waals surface area contributed by atoms with Crippen molar-refractivity contribution in [3.8, 4) is 0 Å². The van der Waals surface area contributed by atoms with Crippen molar-refractivity contribution >= 4 is 31.9 Å². The second-order valence-electron chi connectivity index (χ2n) is 2.66. The van der Waals surface area contributed by atoms with Gasteiger partial charge in [0.25, 0.3) is 0 Å². The first kappa shape index (κ1) is 10.0. The highest BCUT2D eigenvalue weighted by Gasteiger charge is 2.04. The summed E-state index contributed by atoms with van der Waals surface area (Å²) in [5.74, 6) is 0. The number of halogens is 2. The molecule has 64 valence electrons. The van der Waals surface area contributed by atoms with E-state index in [1.807, 2.05) is 6.08 Å². The second kappa shape index (κ2) is 4.24. The molecule has 0 amide bonds. The Labute approximate surface area is 89.9 Å². The van der Waals surface area contributed by atoms with E-state index in [1.165, 1.54) is 11.1 Å². The quantitative estimate of drug-likeness (QED) is 0.714. The van der Waals surface area contributed by atoms with Crippen LogP contribution in [0.3, 0.4) is 0 Å². The number of benzene rings is 1. The molecule has 0 aromatic heterocycles. The van der Waals surface area contributed by atoms with Gasteiger partial charge in [-0.2, -0.15) is 0 Å². The first-order valence-corrected chi connectivity index (χ1v) is 5.29. The Bertz CT molecular complexity index is 303. The minimum atomic E-state index is 0.902. The maximum absolute atomic E-state index is 3.71. The maximum atomic E-state index is 3.71. The van der Waals surface area contributed by atoms with Crippen LogP contribution >= 0.6 is 31.9 Å². The molecular formula is C10H10Br2. The van der Waals surface area contributed by atoms with Crippen LogP contribution in [0.5, 0.6) is 0 Å². The molecule has 0 fully saturated rings. The number of rotatable bonds is 2. The lowest BCUT2D eigenvalue weighted by Crippen LogP contribution is -1.86. The fourth-order valence-electron chi connectivity index (χ4n) is 0.999. The van der Waals surface area contributed by atoms with E-state index in [2.05, 4.69) is 57.5 Å². The molecule has 0 aliphatic rings. The van der Waals surface area contributed by atoms with Crippen LogP contribution in [0.25, 0.3) is 0 Å². The molecule has 0 nitrogen and oxygen atoms in total. The Hall–Kier alpha value is -0.0800. The van der Waals surface area contributed by atoms with Crippen molar-refractivity contribution in [3.63, 3.8) is 0 Å². The first-order valence-electron chi connectivity index (χ1n) is 3.71. The summed E-state index contributed by atoms with van der Waals surface area (Å²) in [4.78, 5) is 0. The molecule has 0 bridgehead atoms. The molecule has 1 aromatic rings. The average Bonchev–Trinajstić information content (AvgIpc) is 2.07. The summed E-state index contributed by atoms with van der Waals surface area (Å²) in [7, 11) is 0. The molecular weight excluding hydrogens is 280 g/mol. The fraction of sp³-hybridized carbons (Fsp3) is 0.200. The molecule has 1 rings (SSSR count). The Kier molecular flexibility index (Phi) is 3.53. The molecule has 0 unspecified atom stereocenters. The Balaban J connectivity index is 3.16. The van der Waals surface area contributed by atoms with Crippen LogP contribution in [0.15, 0.2) is 33.7 Å². The largest absolute Gasteiger partial charge is 0.103 e. The van der Waals surface area contributed by atoms with Crippen molar-refractivity contribution in [2.75, 3.05) is 0 Å². The predicted octanol–water partition coefficient (Wildman–Crippen LogP) is 4.25. The van der Waals surface area contributed by atoms with E-state index >= 15 is 0 Å². The van der Waals surface area contributed by atoms with Crippen LogP contribution in [0, 0.1) is 6.92 Å². The van der Waals surface area contributed by atoms with Gasteiger partial charge in [0.05, 0.1) is 0 Å². The number of hydrogen-bond donors (Lipinski definition) is 0. The number of aryl methyl sites for hydroxylation is 1. The summed E-state index contributed by atoms with van der Waals surface area (Å²) in [5.41, 5.74) is 2.51. The smallest absolute Gasteiger partial charge is 0.0355 e. The lowest BCUT2D eigenvalue weighted by molar-refractivity contribution is 1.22. The van der Waals surface area contributed by atoms with Crippen LogP contribution in [-0.4, -0.2) is 0 Å². The third-order valence-electron chi connectivity index (χ3n) is 1.72. The SMILES string of the molecule is C=CCc1ccc(C)c(Br)c1Br. The van der Waals surface area contributed by atoms with Crippen molar-refractivity contribution in [2.45, 2.75) is 13.3 Å². The predicted molar refractivity (Wildman–Crippen MR) is 60.5 cm³/mol. The summed E-state index contributed by atoms with van der Waals surface area (Å²) in [6.07, 6.45) is 2.81. The van der Waals surface area contributed by atoms with Gasteiger partial charge in [-0.15, -0.1) is 6.58 Å². The van der Waals surface area contributed by atoms with E-state index in [0.717, 1.165) is 15.4 Å². The third kappa shape index (κ3) is 1.99. The van der Waals surface area contributed by atoms with Gasteiger partial charge in [-0.1, -0.05) is 18.2 Å². The van der Waals surface area contributed by atoms with Crippen LogP contribution in [-0.2, 0) is 6.42 Å². The molecule has 0 aliphatic heterocycles. The molecule has 0 atom stereocenters. The summed E-state index contributed by atoms with van der Waals surface area (Å²) in [5, 5.41) is 0. The van der Waals surface area contributed by atoms with Gasteiger partial charge in [0.15, 0.2) is 0 Å². The lowest BCUT2D eigenvalue weighted by Gasteiger charge is -2.05. The highest BCUT2D eigenvalue weighted by molar-refractivity contribution is 9.13. The fourth-order valence-corrected chi connectivity index (χ4v) is 1.99. The van der Waals surface area contributed by atoms with Crippen molar-refractivity contribution in [1.82, 2.24) is 0 Å². The molecule has 2 heteroatoms. The van der Waals surface area contributed by atoms with E-state index in [-0.39, 0.29) is 0 Å². The van der Waals surface area contributed by atoms with Crippen molar-refractivity contribution in [2.24, 2.45) is 0 Å². The molecule has 0 spiro atoms. The van der Waals surface area contributed by atoms with E-state index in [9.17, 15) is 0 Å². The van der Waals surface area contributed by atoms with Crippen LogP contribution in [0.2, 0.25) is 0 Å². The zero-order chi connectivity index (χ0) is 9.14. The van der Waals surface area contributed by atoms with Crippen molar-refractivity contribution < 1.29 is 0 Å². The lowest BCUT2D eigenvalue weighted by atomic mass is 10.1. The number of hydrogen-bond acceptors (Lipinski definition) is 0. The summed E-state index contributed by atoms with van der Waals surface area (Å²) in [6, 6.07) is 4.22. The van der Waals surface area contributed by atoms with Crippen LogP contribution in [0.4, 0.5) is 0 Å². The van der Waals surface area contributed by atoms with E-state index in [1.54, 1.807) is 0 Å². The second-order valence-corrected chi connectivity index (χ2v) is 4.25. The average molecular weight is 290 g/mol. The zero-order valence-electron chi connectivity index (χ0n) is 6.90. The topological polar surface area (TPSA) is 0 Å². The minimum absolute atomic E-state index is 0.902. The van der Waals surface area contributed by atoms with Crippen molar-refractivity contribution in [3.05, 3.63) is 44.9 Å². The molecule has 0 saturated heterocycles. The van der Waals surface area contributed by atoms with Crippen LogP contribution < -0.4 is 0 Å². The molecule has 0 heterocycles. The van der Waals surface area contributed by atoms with Gasteiger partial charge < -0.3 is 0 Å². The number of allylic oxidation sites excluding steroid dienone is 1. The standard InChI is InChI=1S/C10H10Br2/c1-3-4-8-6-5-7(2)9(11)10(8)12/h3,5-6H,1,4H2,2H3. The maximum Gasteiger partial charge on any atom is 0.0355 e. The van der Waals surface area contributed by atoms with E-state index in [0.29, 0.717) is 0 Å². The monoisotopic (exact) mass is 288 g/mol. The minimum Gasteiger partial charge on any atom is -0.103 e. The van der Waals surface area contributed by atoms with Gasteiger partial charge in [-0.25, -0.2) is 0 Å². The van der Waals surface area contributed by atoms with Crippen LogP contribution in [0.1, 0.15) is 11.1 Å². The van der Waals surface area contributed by atoms with Gasteiger partial charge >= 0.3 is 0 Å². The molecule has 0 radical (unpaired) electrons. The Morgan fingerprint density at radius 2 is 2.00 bits per heavy atom. The first-order chi connectivity index (χ1) is 5.66. The van der Waals surface area contributed by atoms with E-state index < -0.39 is 0 Å². The highest BCUT2D eigenvalue weighted by atomic mass is 79.9. The molecule has 0 aliphatic carbocycles. The molecule has 0 N–H and O–H groups in total. The zero-order valence-corrected chi connectivity index (χ0v) is 10.1. The van der Waals surface area contributed by atoms with E-state index in [4.69, 9.17) is 0 Å². The Morgan fingerprint density at radius 1 is 1.33 bits per heavy atom. The summed E-state index contributed by atoms with van der Waals surface area (Å²) >= 11 is 7.06. The molecule has 12 heavy (non-hydrogen) atoms. The summed E-state index contributed by atoms with van der Waals surface area (Å²) < 4.78 is 2.28. The highest BCUT2D eigenvalue weighted by Crippen LogP contribution is 2.30. The van der Waals surface area contributed by atoms with Gasteiger partial charge in [-0.05, 0) is 56.3 Å². The Morgan fingerprint density at radius 3 is 2.58 bits per heavy atom. The molecule has 1 aromatic carbocycles. The van der Waals surface area contributed by atoms with Gasteiger partial charge in [-0.3, -0.25) is 0 Å². The van der Waals surface area contributed by atoms with Crippen molar-refractivity contribution in [1.29, 1.82) is 0 Å². The molecule has 0 saturated carbocycles. The summed E-state index contributed by atoms with van der Waals surface area (Å²) in [6.45, 7) is 5.79.